The highest BCUT2D eigenvalue weighted by Gasteiger charge is 2.23. The van der Waals surface area contributed by atoms with Gasteiger partial charge < -0.3 is 9.47 Å². The smallest absolute Gasteiger partial charge is 0.167 e. The summed E-state index contributed by atoms with van der Waals surface area (Å²) in [5.74, 6) is -2.80. The van der Waals surface area contributed by atoms with Crippen LogP contribution in [0.15, 0.2) is 115 Å². The van der Waals surface area contributed by atoms with Crippen molar-refractivity contribution in [2.45, 2.75) is 65.6 Å². The molecule has 4 atom stereocenters. The molecule has 294 valence electrons. The Kier molecular flexibility index (Phi) is 12.4. The Morgan fingerprint density at radius 3 is 1.12 bits per heavy atom. The van der Waals surface area contributed by atoms with E-state index in [-0.39, 0.29) is 34.5 Å². The van der Waals surface area contributed by atoms with E-state index in [4.69, 9.17) is 9.47 Å². The average molecular weight is 775 g/mol. The molecule has 8 rings (SSSR count). The number of benzene rings is 6. The first kappa shape index (κ1) is 40.1. The number of hydrogen-bond acceptors (Lipinski definition) is 2. The van der Waals surface area contributed by atoms with Crippen molar-refractivity contribution in [1.29, 1.82) is 0 Å². The van der Waals surface area contributed by atoms with Crippen LogP contribution in [0.2, 0.25) is 0 Å². The lowest BCUT2D eigenvalue weighted by Crippen LogP contribution is -2.18. The van der Waals surface area contributed by atoms with E-state index < -0.39 is 29.1 Å². The summed E-state index contributed by atoms with van der Waals surface area (Å²) in [6.45, 7) is 9.47. The quantitative estimate of drug-likeness (QED) is 0.157. The molecule has 57 heavy (non-hydrogen) atoms. The summed E-state index contributed by atoms with van der Waals surface area (Å²) in [4.78, 5) is 0. The maximum atomic E-state index is 14.8. The van der Waals surface area contributed by atoms with Crippen molar-refractivity contribution in [2.75, 3.05) is 13.2 Å². The zero-order chi connectivity index (χ0) is 40.2. The van der Waals surface area contributed by atoms with Crippen LogP contribution in [0.4, 0.5) is 22.0 Å². The summed E-state index contributed by atoms with van der Waals surface area (Å²) in [6, 6.07) is 33.2. The van der Waals surface area contributed by atoms with Gasteiger partial charge in [-0.05, 0) is 96.4 Å². The molecule has 0 aromatic heterocycles. The lowest BCUT2D eigenvalue weighted by Gasteiger charge is -2.27. The van der Waals surface area contributed by atoms with Crippen LogP contribution in [0.25, 0.3) is 44.5 Å². The van der Waals surface area contributed by atoms with Crippen LogP contribution >= 0.6 is 0 Å². The molecular weight excluding hydrogens is 728 g/mol. The molecule has 2 heterocycles. The van der Waals surface area contributed by atoms with Crippen molar-refractivity contribution in [2.24, 2.45) is 11.8 Å². The Hall–Kier alpha value is -5.11. The number of aryl methyl sites for hydroxylation is 2. The largest absolute Gasteiger partial charge is 0.373 e. The minimum absolute atomic E-state index is 0.0477. The van der Waals surface area contributed by atoms with Gasteiger partial charge in [0.2, 0.25) is 0 Å². The van der Waals surface area contributed by atoms with Gasteiger partial charge in [0.15, 0.2) is 23.3 Å². The molecular formula is C50H47F5O2. The minimum Gasteiger partial charge on any atom is -0.373 e. The molecule has 7 heteroatoms. The van der Waals surface area contributed by atoms with E-state index in [0.717, 1.165) is 55.6 Å². The van der Waals surface area contributed by atoms with Crippen molar-refractivity contribution < 1.29 is 31.4 Å². The molecule has 6 aromatic carbocycles. The lowest BCUT2D eigenvalue weighted by molar-refractivity contribution is -0.0124. The first-order valence-corrected chi connectivity index (χ1v) is 19.7. The second-order valence-electron chi connectivity index (χ2n) is 15.7. The predicted octanol–water partition coefficient (Wildman–Crippen LogP) is 14.3. The topological polar surface area (TPSA) is 18.5 Å². The fraction of sp³-hybridized carbons (Fsp3) is 0.280. The zero-order valence-electron chi connectivity index (χ0n) is 32.7. The molecule has 2 saturated heterocycles. The molecule has 0 radical (unpaired) electrons. The fourth-order valence-electron chi connectivity index (χ4n) is 7.53. The van der Waals surface area contributed by atoms with Gasteiger partial charge in [0, 0.05) is 35.5 Å². The Balaban J connectivity index is 0.000000174. The van der Waals surface area contributed by atoms with Gasteiger partial charge in [0.25, 0.3) is 0 Å². The molecule has 6 aromatic rings. The highest BCUT2D eigenvalue weighted by Crippen LogP contribution is 2.37. The molecule has 0 bridgehead atoms. The SMILES string of the molecule is Cc1ccc(-c2ccc(-c3ccc(C4CCC(C)CO4)cc3)c(F)c2F)cc1.Cc1ccc(-c2ccc(-c3ccc(C4CCC(C)CO4)cc3)c(F)c2F)cc1F. The van der Waals surface area contributed by atoms with E-state index in [1.54, 1.807) is 49.4 Å². The summed E-state index contributed by atoms with van der Waals surface area (Å²) in [5.41, 5.74) is 6.72. The summed E-state index contributed by atoms with van der Waals surface area (Å²) in [5, 5.41) is 0. The molecule has 2 aliphatic rings. The van der Waals surface area contributed by atoms with Crippen LogP contribution in [0.5, 0.6) is 0 Å². The molecule has 0 N–H and O–H groups in total. The van der Waals surface area contributed by atoms with Gasteiger partial charge in [0.1, 0.15) is 5.82 Å². The highest BCUT2D eigenvalue weighted by atomic mass is 19.2. The fourth-order valence-corrected chi connectivity index (χ4v) is 7.53. The Labute approximate surface area is 332 Å². The normalized spacial score (nSPS) is 19.5. The van der Waals surface area contributed by atoms with E-state index in [9.17, 15) is 22.0 Å². The standard InChI is InChI=1S/C25H23F3O.C25H24F2O/c1-15-3-12-23(29-14-15)18-8-6-17(7-9-18)20-10-11-21(25(28)24(20)27)19-5-4-16(2)22(26)13-19;1-16-3-6-18(7-4-16)21-12-13-22(25(27)24(21)26)19-8-10-20(11-9-19)23-14-5-17(2)15-28-23/h4-11,13,15,23H,3,12,14H2,1-2H3;3-4,6-13,17,23H,5,14-15H2,1-2H3. The van der Waals surface area contributed by atoms with Gasteiger partial charge in [-0.3, -0.25) is 0 Å². The maximum Gasteiger partial charge on any atom is 0.167 e. The van der Waals surface area contributed by atoms with Gasteiger partial charge in [-0.2, -0.15) is 0 Å². The third-order valence-electron chi connectivity index (χ3n) is 11.2. The van der Waals surface area contributed by atoms with Crippen LogP contribution in [0, 0.1) is 54.8 Å². The van der Waals surface area contributed by atoms with E-state index in [2.05, 4.69) is 13.8 Å². The number of ether oxygens (including phenoxy) is 2. The van der Waals surface area contributed by atoms with E-state index >= 15 is 0 Å². The lowest BCUT2D eigenvalue weighted by atomic mass is 9.94. The third-order valence-corrected chi connectivity index (χ3v) is 11.2. The maximum absolute atomic E-state index is 14.8. The Morgan fingerprint density at radius 2 is 0.772 bits per heavy atom. The molecule has 2 fully saturated rings. The zero-order valence-corrected chi connectivity index (χ0v) is 32.7. The van der Waals surface area contributed by atoms with E-state index in [0.29, 0.717) is 39.7 Å². The van der Waals surface area contributed by atoms with Crippen LogP contribution in [0.3, 0.4) is 0 Å². The number of hydrogen-bond donors (Lipinski definition) is 0. The van der Waals surface area contributed by atoms with Gasteiger partial charge in [-0.1, -0.05) is 129 Å². The monoisotopic (exact) mass is 774 g/mol. The summed E-state index contributed by atoms with van der Waals surface area (Å²) >= 11 is 0. The van der Waals surface area contributed by atoms with Crippen molar-refractivity contribution in [1.82, 2.24) is 0 Å². The third kappa shape index (κ3) is 9.06. The minimum atomic E-state index is -0.973. The van der Waals surface area contributed by atoms with Gasteiger partial charge in [-0.15, -0.1) is 0 Å². The number of halogens is 5. The van der Waals surface area contributed by atoms with Crippen molar-refractivity contribution in [3.63, 3.8) is 0 Å². The molecule has 4 unspecified atom stereocenters. The molecule has 0 aliphatic carbocycles. The van der Waals surface area contributed by atoms with E-state index in [1.807, 2.05) is 67.6 Å². The van der Waals surface area contributed by atoms with Crippen molar-refractivity contribution in [3.05, 3.63) is 167 Å². The van der Waals surface area contributed by atoms with Crippen LogP contribution in [-0.4, -0.2) is 13.2 Å². The van der Waals surface area contributed by atoms with Gasteiger partial charge >= 0.3 is 0 Å². The Morgan fingerprint density at radius 1 is 0.421 bits per heavy atom. The van der Waals surface area contributed by atoms with Crippen LogP contribution < -0.4 is 0 Å². The van der Waals surface area contributed by atoms with Gasteiger partial charge in [0.05, 0.1) is 12.2 Å². The van der Waals surface area contributed by atoms with Crippen molar-refractivity contribution in [3.8, 4) is 44.5 Å². The number of rotatable bonds is 6. The summed E-state index contributed by atoms with van der Waals surface area (Å²) in [6.07, 6.45) is 4.37. The average Bonchev–Trinajstić information content (AvgIpc) is 3.22. The second-order valence-corrected chi connectivity index (χ2v) is 15.7. The predicted molar refractivity (Wildman–Crippen MR) is 218 cm³/mol. The first-order chi connectivity index (χ1) is 27.5. The molecule has 0 spiro atoms. The summed E-state index contributed by atoms with van der Waals surface area (Å²) < 4.78 is 84.7. The summed E-state index contributed by atoms with van der Waals surface area (Å²) in [7, 11) is 0. The van der Waals surface area contributed by atoms with Gasteiger partial charge in [-0.25, -0.2) is 22.0 Å². The molecule has 0 amide bonds. The molecule has 2 aliphatic heterocycles. The van der Waals surface area contributed by atoms with E-state index in [1.165, 1.54) is 12.1 Å². The second kappa shape index (κ2) is 17.6. The van der Waals surface area contributed by atoms with Crippen LogP contribution in [0.1, 0.15) is 74.0 Å². The first-order valence-electron chi connectivity index (χ1n) is 19.7. The highest BCUT2D eigenvalue weighted by molar-refractivity contribution is 5.73. The Bertz CT molecular complexity index is 2300. The molecule has 0 saturated carbocycles. The molecule has 2 nitrogen and oxygen atoms in total. The van der Waals surface area contributed by atoms with Crippen molar-refractivity contribution >= 4 is 0 Å². The van der Waals surface area contributed by atoms with Crippen LogP contribution in [-0.2, 0) is 9.47 Å².